The van der Waals surface area contributed by atoms with Gasteiger partial charge in [-0.05, 0) is 65.0 Å². The van der Waals surface area contributed by atoms with Crippen molar-refractivity contribution in [3.8, 4) is 11.5 Å². The molecule has 3 atom stereocenters. The van der Waals surface area contributed by atoms with Gasteiger partial charge in [-0.3, -0.25) is 0 Å². The normalized spacial score (nSPS) is 31.6. The Labute approximate surface area is 195 Å². The van der Waals surface area contributed by atoms with E-state index in [9.17, 15) is 0 Å². The number of nitrogens with one attached hydrogen (secondary N) is 1. The van der Waals surface area contributed by atoms with E-state index in [1.165, 1.54) is 12.0 Å². The molecule has 0 unspecified atom stereocenters. The van der Waals surface area contributed by atoms with Gasteiger partial charge in [-0.25, -0.2) is 9.97 Å². The van der Waals surface area contributed by atoms with E-state index in [0.717, 1.165) is 81.1 Å². The van der Waals surface area contributed by atoms with Crippen molar-refractivity contribution in [3.63, 3.8) is 0 Å². The predicted molar refractivity (Wildman–Crippen MR) is 124 cm³/mol. The standard InChI is InChI=1S/C25H35N5O3/c1-17-18(2)30(14-6-12-26-17)23-27-13-8-20(28-23)21-19-7-5-10-24(22(19)29-33-21)9-3-4-11-25(24)31-15-16-32-25/h8,13,17-18,26H,3-7,9-12,14-16H2,1-2H3/t17-,18-,24-/m0/s1. The van der Waals surface area contributed by atoms with Crippen molar-refractivity contribution < 1.29 is 14.0 Å². The van der Waals surface area contributed by atoms with E-state index < -0.39 is 5.79 Å². The van der Waals surface area contributed by atoms with Crippen molar-refractivity contribution in [1.82, 2.24) is 20.4 Å². The highest BCUT2D eigenvalue weighted by molar-refractivity contribution is 5.61. The molecule has 4 heterocycles. The number of anilines is 1. The molecular formula is C25H35N5O3. The SMILES string of the molecule is C[C@@H]1NCCCN(c2nccc(-c3onc4c3CCC[C@@]43CCCCC34OCCO4)n2)[C@H]1C. The van der Waals surface area contributed by atoms with Crippen molar-refractivity contribution in [2.24, 2.45) is 0 Å². The Hall–Kier alpha value is -2.03. The van der Waals surface area contributed by atoms with E-state index in [2.05, 4.69) is 29.0 Å². The molecule has 2 aromatic heterocycles. The summed E-state index contributed by atoms with van der Waals surface area (Å²) in [4.78, 5) is 11.9. The summed E-state index contributed by atoms with van der Waals surface area (Å²) in [7, 11) is 0. The zero-order valence-corrected chi connectivity index (χ0v) is 19.8. The monoisotopic (exact) mass is 453 g/mol. The summed E-state index contributed by atoms with van der Waals surface area (Å²) in [5.74, 6) is 1.01. The molecule has 2 aromatic rings. The number of aromatic nitrogens is 3. The second-order valence-electron chi connectivity index (χ2n) is 10.2. The zero-order chi connectivity index (χ0) is 22.5. The van der Waals surface area contributed by atoms with Gasteiger partial charge < -0.3 is 24.2 Å². The van der Waals surface area contributed by atoms with Gasteiger partial charge in [-0.2, -0.15) is 0 Å². The highest BCUT2D eigenvalue weighted by Crippen LogP contribution is 2.56. The van der Waals surface area contributed by atoms with Crippen LogP contribution in [0.25, 0.3) is 11.5 Å². The summed E-state index contributed by atoms with van der Waals surface area (Å²) >= 11 is 0. The Morgan fingerprint density at radius 3 is 2.76 bits per heavy atom. The minimum atomic E-state index is -0.546. The molecule has 1 saturated carbocycles. The molecule has 0 radical (unpaired) electrons. The minimum absolute atomic E-state index is 0.215. The van der Waals surface area contributed by atoms with Crippen LogP contribution in [-0.4, -0.2) is 59.3 Å². The van der Waals surface area contributed by atoms with Gasteiger partial charge in [0.1, 0.15) is 5.69 Å². The van der Waals surface area contributed by atoms with Crippen molar-refractivity contribution in [1.29, 1.82) is 0 Å². The molecule has 2 saturated heterocycles. The first kappa shape index (κ1) is 21.5. The zero-order valence-electron chi connectivity index (χ0n) is 19.8. The van der Waals surface area contributed by atoms with Crippen LogP contribution >= 0.6 is 0 Å². The van der Waals surface area contributed by atoms with Gasteiger partial charge in [0.05, 0.1) is 24.3 Å². The molecule has 0 amide bonds. The lowest BCUT2D eigenvalue weighted by molar-refractivity contribution is -0.231. The van der Waals surface area contributed by atoms with Crippen LogP contribution in [0.5, 0.6) is 0 Å². The summed E-state index contributed by atoms with van der Waals surface area (Å²) in [5, 5.41) is 8.28. The number of hydrogen-bond donors (Lipinski definition) is 1. The lowest BCUT2D eigenvalue weighted by Crippen LogP contribution is -2.56. The summed E-state index contributed by atoms with van der Waals surface area (Å²) in [6.07, 6.45) is 10.3. The first-order valence-electron chi connectivity index (χ1n) is 12.7. The molecule has 2 aliphatic carbocycles. The lowest BCUT2D eigenvalue weighted by atomic mass is 9.61. The second-order valence-corrected chi connectivity index (χ2v) is 10.2. The van der Waals surface area contributed by atoms with Crippen LogP contribution in [0.4, 0.5) is 5.95 Å². The Morgan fingerprint density at radius 1 is 1.06 bits per heavy atom. The molecule has 1 N–H and O–H groups in total. The van der Waals surface area contributed by atoms with E-state index in [4.69, 9.17) is 24.1 Å². The van der Waals surface area contributed by atoms with Gasteiger partial charge in [0.25, 0.3) is 0 Å². The van der Waals surface area contributed by atoms with Crippen LogP contribution < -0.4 is 10.2 Å². The van der Waals surface area contributed by atoms with E-state index in [-0.39, 0.29) is 5.41 Å². The highest BCUT2D eigenvalue weighted by Gasteiger charge is 2.61. The van der Waals surface area contributed by atoms with Crippen LogP contribution in [0, 0.1) is 0 Å². The number of ether oxygens (including phenoxy) is 2. The smallest absolute Gasteiger partial charge is 0.226 e. The van der Waals surface area contributed by atoms with Gasteiger partial charge in [0, 0.05) is 36.8 Å². The van der Waals surface area contributed by atoms with Gasteiger partial charge in [-0.1, -0.05) is 11.6 Å². The van der Waals surface area contributed by atoms with Gasteiger partial charge in [-0.15, -0.1) is 0 Å². The van der Waals surface area contributed by atoms with Crippen LogP contribution in [-0.2, 0) is 21.3 Å². The summed E-state index contributed by atoms with van der Waals surface area (Å²) < 4.78 is 18.7. The Bertz CT molecular complexity index is 1000. The van der Waals surface area contributed by atoms with Gasteiger partial charge >= 0.3 is 0 Å². The van der Waals surface area contributed by atoms with Crippen molar-refractivity contribution in [2.45, 2.75) is 88.5 Å². The number of hydrogen-bond acceptors (Lipinski definition) is 8. The summed E-state index contributed by atoms with van der Waals surface area (Å²) in [6, 6.07) is 2.65. The molecule has 6 rings (SSSR count). The van der Waals surface area contributed by atoms with E-state index in [0.29, 0.717) is 25.3 Å². The van der Waals surface area contributed by atoms with Crippen molar-refractivity contribution >= 4 is 5.95 Å². The molecule has 4 aliphatic rings. The Morgan fingerprint density at radius 2 is 1.88 bits per heavy atom. The first-order chi connectivity index (χ1) is 16.1. The molecule has 2 aliphatic heterocycles. The van der Waals surface area contributed by atoms with Crippen LogP contribution in [0.15, 0.2) is 16.8 Å². The van der Waals surface area contributed by atoms with Gasteiger partial charge in [0.2, 0.25) is 5.95 Å². The molecule has 0 aromatic carbocycles. The fourth-order valence-corrected chi connectivity index (χ4v) is 6.63. The molecule has 178 valence electrons. The predicted octanol–water partition coefficient (Wildman–Crippen LogP) is 3.60. The van der Waals surface area contributed by atoms with Crippen molar-refractivity contribution in [3.05, 3.63) is 23.5 Å². The molecule has 3 fully saturated rings. The average molecular weight is 454 g/mol. The van der Waals surface area contributed by atoms with Crippen LogP contribution in [0.2, 0.25) is 0 Å². The van der Waals surface area contributed by atoms with Crippen LogP contribution in [0.1, 0.15) is 70.1 Å². The Balaban J connectivity index is 1.38. The maximum absolute atomic E-state index is 6.34. The molecule has 2 spiro atoms. The van der Waals surface area contributed by atoms with Gasteiger partial charge in [0.15, 0.2) is 11.5 Å². The quantitative estimate of drug-likeness (QED) is 0.738. The van der Waals surface area contributed by atoms with Crippen LogP contribution in [0.3, 0.4) is 0 Å². The summed E-state index contributed by atoms with van der Waals surface area (Å²) in [5.41, 5.74) is 2.84. The van der Waals surface area contributed by atoms with E-state index >= 15 is 0 Å². The highest BCUT2D eigenvalue weighted by atomic mass is 16.7. The number of fused-ring (bicyclic) bond motifs is 3. The molecule has 8 heteroatoms. The largest absolute Gasteiger partial charge is 0.354 e. The maximum atomic E-state index is 6.34. The molecule has 8 nitrogen and oxygen atoms in total. The third-order valence-corrected chi connectivity index (χ3v) is 8.50. The second kappa shape index (κ2) is 8.32. The van der Waals surface area contributed by atoms with Crippen molar-refractivity contribution in [2.75, 3.05) is 31.2 Å². The van der Waals surface area contributed by atoms with E-state index in [1.54, 1.807) is 0 Å². The molecular weight excluding hydrogens is 418 g/mol. The minimum Gasteiger partial charge on any atom is -0.354 e. The fraction of sp³-hybridized carbons (Fsp3) is 0.720. The fourth-order valence-electron chi connectivity index (χ4n) is 6.63. The average Bonchev–Trinajstić information content (AvgIpc) is 3.46. The third-order valence-electron chi connectivity index (χ3n) is 8.50. The third kappa shape index (κ3) is 3.33. The first-order valence-corrected chi connectivity index (χ1v) is 12.7. The Kier molecular flexibility index (Phi) is 5.42. The van der Waals surface area contributed by atoms with E-state index in [1.807, 2.05) is 12.3 Å². The molecule has 33 heavy (non-hydrogen) atoms. The summed E-state index contributed by atoms with van der Waals surface area (Å²) in [6.45, 7) is 7.76. The molecule has 0 bridgehead atoms. The number of nitrogens with zero attached hydrogens (tertiary/aromatic N) is 4. The number of rotatable bonds is 2. The maximum Gasteiger partial charge on any atom is 0.226 e. The topological polar surface area (TPSA) is 85.5 Å². The lowest BCUT2D eigenvalue weighted by Gasteiger charge is -2.50.